The lowest BCUT2D eigenvalue weighted by atomic mass is 10.1. The fraction of sp³-hybridized carbons (Fsp3) is 0.188. The van der Waals surface area contributed by atoms with Crippen LogP contribution in [-0.2, 0) is 0 Å². The zero-order valence-electron chi connectivity index (χ0n) is 11.8. The van der Waals surface area contributed by atoms with E-state index in [4.69, 9.17) is 23.2 Å². The first-order valence-corrected chi connectivity index (χ1v) is 7.39. The van der Waals surface area contributed by atoms with Crippen molar-refractivity contribution < 1.29 is 4.79 Å². The Morgan fingerprint density at radius 2 is 1.86 bits per heavy atom. The molecule has 0 unspecified atom stereocenters. The van der Waals surface area contributed by atoms with E-state index in [1.54, 1.807) is 12.1 Å². The molecule has 3 nitrogen and oxygen atoms in total. The van der Waals surface area contributed by atoms with Crippen molar-refractivity contribution in [1.82, 2.24) is 0 Å². The lowest BCUT2D eigenvalue weighted by Gasteiger charge is -2.13. The highest BCUT2D eigenvalue weighted by molar-refractivity contribution is 6.40. The minimum atomic E-state index is -0.249. The molecule has 2 aromatic carbocycles. The molecule has 0 bridgehead atoms. The summed E-state index contributed by atoms with van der Waals surface area (Å²) in [6.07, 6.45) is 0. The number of hydrogen-bond acceptors (Lipinski definition) is 2. The minimum absolute atomic E-state index is 0.249. The summed E-state index contributed by atoms with van der Waals surface area (Å²) in [6.45, 7) is 4.57. The summed E-state index contributed by atoms with van der Waals surface area (Å²) < 4.78 is 0. The van der Waals surface area contributed by atoms with Crippen molar-refractivity contribution in [2.24, 2.45) is 0 Å². The van der Waals surface area contributed by atoms with E-state index < -0.39 is 0 Å². The van der Waals surface area contributed by atoms with Gasteiger partial charge in [0.1, 0.15) is 0 Å². The minimum Gasteiger partial charge on any atom is -0.385 e. The number of hydrogen-bond donors (Lipinski definition) is 2. The third-order valence-corrected chi connectivity index (χ3v) is 3.86. The maximum Gasteiger partial charge on any atom is 0.257 e. The summed E-state index contributed by atoms with van der Waals surface area (Å²) >= 11 is 12.3. The molecular formula is C16H16Cl2N2O. The van der Waals surface area contributed by atoms with Crippen molar-refractivity contribution >= 4 is 40.5 Å². The summed E-state index contributed by atoms with van der Waals surface area (Å²) in [7, 11) is 0. The Balaban J connectivity index is 2.33. The van der Waals surface area contributed by atoms with Crippen LogP contribution in [-0.4, -0.2) is 12.5 Å². The van der Waals surface area contributed by atoms with Crippen LogP contribution >= 0.6 is 23.2 Å². The van der Waals surface area contributed by atoms with Crippen LogP contribution < -0.4 is 10.6 Å². The molecule has 2 rings (SSSR count). The summed E-state index contributed by atoms with van der Waals surface area (Å²) in [5, 5.41) is 6.82. The highest BCUT2D eigenvalue weighted by Gasteiger charge is 2.15. The Labute approximate surface area is 134 Å². The van der Waals surface area contributed by atoms with E-state index >= 15 is 0 Å². The van der Waals surface area contributed by atoms with Gasteiger partial charge >= 0.3 is 0 Å². The maximum atomic E-state index is 12.5. The molecule has 2 N–H and O–H groups in total. The van der Waals surface area contributed by atoms with Crippen LogP contribution in [0.4, 0.5) is 11.4 Å². The predicted molar refractivity (Wildman–Crippen MR) is 89.8 cm³/mol. The van der Waals surface area contributed by atoms with Gasteiger partial charge in [-0.3, -0.25) is 4.79 Å². The van der Waals surface area contributed by atoms with E-state index in [0.717, 1.165) is 17.8 Å². The number of rotatable bonds is 4. The van der Waals surface area contributed by atoms with E-state index in [2.05, 4.69) is 10.6 Å². The van der Waals surface area contributed by atoms with E-state index in [1.165, 1.54) is 0 Å². The molecule has 0 radical (unpaired) electrons. The van der Waals surface area contributed by atoms with Crippen molar-refractivity contribution in [2.75, 3.05) is 17.2 Å². The molecule has 0 aromatic heterocycles. The molecule has 0 fully saturated rings. The standard InChI is InChI=1S/C16H16Cl2N2O/c1-3-19-13-7-5-4-6-11(13)16(21)20-15-12(17)9-8-10(2)14(15)18/h4-9,19H,3H2,1-2H3,(H,20,21). The molecule has 1 amide bonds. The average molecular weight is 323 g/mol. The number of halogens is 2. The summed E-state index contributed by atoms with van der Waals surface area (Å²) in [6, 6.07) is 10.8. The molecule has 0 aliphatic rings. The molecule has 0 saturated carbocycles. The van der Waals surface area contributed by atoms with Crippen LogP contribution in [0.1, 0.15) is 22.8 Å². The Morgan fingerprint density at radius 3 is 2.57 bits per heavy atom. The number of para-hydroxylation sites is 1. The van der Waals surface area contributed by atoms with Crippen molar-refractivity contribution in [3.05, 3.63) is 57.6 Å². The van der Waals surface area contributed by atoms with Gasteiger partial charge in [0.15, 0.2) is 0 Å². The number of anilines is 2. The van der Waals surface area contributed by atoms with E-state index in [1.807, 2.05) is 38.1 Å². The highest BCUT2D eigenvalue weighted by atomic mass is 35.5. The maximum absolute atomic E-state index is 12.5. The quantitative estimate of drug-likeness (QED) is 0.832. The molecule has 0 saturated heterocycles. The van der Waals surface area contributed by atoms with Crippen LogP contribution in [0.25, 0.3) is 0 Å². The second kappa shape index (κ2) is 6.83. The van der Waals surface area contributed by atoms with Gasteiger partial charge in [0.05, 0.1) is 21.3 Å². The van der Waals surface area contributed by atoms with Crippen molar-refractivity contribution in [2.45, 2.75) is 13.8 Å². The van der Waals surface area contributed by atoms with Gasteiger partial charge in [-0.15, -0.1) is 0 Å². The summed E-state index contributed by atoms with van der Waals surface area (Å²) in [5.74, 6) is -0.249. The SMILES string of the molecule is CCNc1ccccc1C(=O)Nc1c(Cl)ccc(C)c1Cl. The third-order valence-electron chi connectivity index (χ3n) is 3.06. The Kier molecular flexibility index (Phi) is 5.10. The lowest BCUT2D eigenvalue weighted by Crippen LogP contribution is -2.15. The molecule has 0 atom stereocenters. The Morgan fingerprint density at radius 1 is 1.14 bits per heavy atom. The van der Waals surface area contributed by atoms with E-state index in [-0.39, 0.29) is 5.91 Å². The van der Waals surface area contributed by atoms with Crippen molar-refractivity contribution in [1.29, 1.82) is 0 Å². The van der Waals surface area contributed by atoms with Crippen LogP contribution in [0.2, 0.25) is 10.0 Å². The highest BCUT2D eigenvalue weighted by Crippen LogP contribution is 2.33. The molecule has 21 heavy (non-hydrogen) atoms. The van der Waals surface area contributed by atoms with Crippen LogP contribution in [0.5, 0.6) is 0 Å². The molecule has 0 spiro atoms. The van der Waals surface area contributed by atoms with Gasteiger partial charge in [-0.1, -0.05) is 41.4 Å². The first kappa shape index (κ1) is 15.7. The molecule has 0 aliphatic heterocycles. The normalized spacial score (nSPS) is 10.3. The number of carbonyl (C=O) groups is 1. The first-order chi connectivity index (χ1) is 10.0. The predicted octanol–water partition coefficient (Wildman–Crippen LogP) is 4.99. The van der Waals surface area contributed by atoms with Gasteiger partial charge in [-0.05, 0) is 37.6 Å². The third kappa shape index (κ3) is 3.49. The lowest BCUT2D eigenvalue weighted by molar-refractivity contribution is 0.102. The number of aryl methyl sites for hydroxylation is 1. The summed E-state index contributed by atoms with van der Waals surface area (Å²) in [4.78, 5) is 12.5. The first-order valence-electron chi connectivity index (χ1n) is 6.63. The largest absolute Gasteiger partial charge is 0.385 e. The van der Waals surface area contributed by atoms with Crippen molar-refractivity contribution in [3.63, 3.8) is 0 Å². The second-order valence-corrected chi connectivity index (χ2v) is 5.37. The van der Waals surface area contributed by atoms with Crippen LogP contribution in [0.15, 0.2) is 36.4 Å². The molecule has 110 valence electrons. The molecule has 0 aliphatic carbocycles. The molecule has 2 aromatic rings. The van der Waals surface area contributed by atoms with E-state index in [0.29, 0.717) is 21.3 Å². The number of amides is 1. The van der Waals surface area contributed by atoms with Crippen molar-refractivity contribution in [3.8, 4) is 0 Å². The van der Waals surface area contributed by atoms with Gasteiger partial charge in [0.25, 0.3) is 5.91 Å². The zero-order chi connectivity index (χ0) is 15.4. The van der Waals surface area contributed by atoms with Crippen LogP contribution in [0, 0.1) is 6.92 Å². The molecule has 0 heterocycles. The topological polar surface area (TPSA) is 41.1 Å². The number of nitrogens with one attached hydrogen (secondary N) is 2. The van der Waals surface area contributed by atoms with Gasteiger partial charge in [0, 0.05) is 12.2 Å². The fourth-order valence-electron chi connectivity index (χ4n) is 1.98. The zero-order valence-corrected chi connectivity index (χ0v) is 13.3. The Bertz CT molecular complexity index is 671. The number of benzene rings is 2. The van der Waals surface area contributed by atoms with E-state index in [9.17, 15) is 4.79 Å². The number of carbonyl (C=O) groups excluding carboxylic acids is 1. The van der Waals surface area contributed by atoms with Gasteiger partial charge in [-0.25, -0.2) is 0 Å². The molecular weight excluding hydrogens is 307 g/mol. The van der Waals surface area contributed by atoms with Gasteiger partial charge in [-0.2, -0.15) is 0 Å². The second-order valence-electron chi connectivity index (χ2n) is 4.58. The smallest absolute Gasteiger partial charge is 0.257 e. The molecule has 5 heteroatoms. The van der Waals surface area contributed by atoms with Gasteiger partial charge < -0.3 is 10.6 Å². The Hall–Kier alpha value is -1.71. The monoisotopic (exact) mass is 322 g/mol. The average Bonchev–Trinajstić information content (AvgIpc) is 2.48. The summed E-state index contributed by atoms with van der Waals surface area (Å²) in [5.41, 5.74) is 2.62. The van der Waals surface area contributed by atoms with Gasteiger partial charge in [0.2, 0.25) is 0 Å². The fourth-order valence-corrected chi connectivity index (χ4v) is 2.44. The van der Waals surface area contributed by atoms with Crippen LogP contribution in [0.3, 0.4) is 0 Å².